The maximum Gasteiger partial charge on any atom is 0.221 e. The molecule has 0 saturated heterocycles. The van der Waals surface area contributed by atoms with Crippen LogP contribution in [0.5, 0.6) is 0 Å². The van der Waals surface area contributed by atoms with Crippen molar-refractivity contribution in [2.75, 3.05) is 13.1 Å². The minimum atomic E-state index is 0.108. The van der Waals surface area contributed by atoms with Gasteiger partial charge in [0.15, 0.2) is 0 Å². The van der Waals surface area contributed by atoms with Gasteiger partial charge in [0, 0.05) is 31.6 Å². The van der Waals surface area contributed by atoms with Crippen molar-refractivity contribution < 1.29 is 4.79 Å². The van der Waals surface area contributed by atoms with Crippen molar-refractivity contribution in [3.8, 4) is 0 Å². The quantitative estimate of drug-likeness (QED) is 0.644. The summed E-state index contributed by atoms with van der Waals surface area (Å²) in [7, 11) is 0. The smallest absolute Gasteiger partial charge is 0.221 e. The second-order valence-electron chi connectivity index (χ2n) is 6.26. The highest BCUT2D eigenvalue weighted by Crippen LogP contribution is 2.37. The second-order valence-corrected chi connectivity index (χ2v) is 6.26. The van der Waals surface area contributed by atoms with Crippen LogP contribution >= 0.6 is 0 Å². The maximum atomic E-state index is 11.7. The van der Waals surface area contributed by atoms with Gasteiger partial charge in [-0.25, -0.2) is 0 Å². The molecule has 2 atom stereocenters. The fraction of sp³-hybridized carbons (Fsp3) is 0.929. The zero-order chi connectivity index (χ0) is 13.6. The first-order valence-electron chi connectivity index (χ1n) is 7.19. The Kier molecular flexibility index (Phi) is 6.09. The maximum absolute atomic E-state index is 11.7. The number of nitrogens with two attached hydrogens (primary N) is 1. The fourth-order valence-electron chi connectivity index (χ4n) is 2.68. The van der Waals surface area contributed by atoms with Gasteiger partial charge in [-0.05, 0) is 31.1 Å². The van der Waals surface area contributed by atoms with Crippen LogP contribution in [-0.4, -0.2) is 31.1 Å². The minimum Gasteiger partial charge on any atom is -0.356 e. The van der Waals surface area contributed by atoms with E-state index in [0.29, 0.717) is 24.4 Å². The Morgan fingerprint density at radius 1 is 1.50 bits per heavy atom. The summed E-state index contributed by atoms with van der Waals surface area (Å²) in [5.41, 5.74) is 6.18. The molecule has 0 aromatic carbocycles. The summed E-state index contributed by atoms with van der Waals surface area (Å²) >= 11 is 0. The van der Waals surface area contributed by atoms with E-state index in [2.05, 4.69) is 31.4 Å². The average Bonchev–Trinajstić information content (AvgIpc) is 2.65. The molecule has 18 heavy (non-hydrogen) atoms. The van der Waals surface area contributed by atoms with Gasteiger partial charge >= 0.3 is 0 Å². The van der Waals surface area contributed by atoms with Gasteiger partial charge in [0.2, 0.25) is 5.91 Å². The number of carbonyl (C=O) groups excluding carboxylic acids is 1. The second kappa shape index (κ2) is 7.10. The molecule has 1 aliphatic rings. The van der Waals surface area contributed by atoms with E-state index in [0.717, 1.165) is 13.0 Å². The van der Waals surface area contributed by atoms with Crippen molar-refractivity contribution in [1.82, 2.24) is 10.6 Å². The molecule has 1 saturated carbocycles. The van der Waals surface area contributed by atoms with E-state index in [4.69, 9.17) is 5.73 Å². The van der Waals surface area contributed by atoms with Gasteiger partial charge in [0.05, 0.1) is 0 Å². The SMILES string of the molecule is CCCNC(=O)CC(CN)NC1CCC(C)(C)C1. The van der Waals surface area contributed by atoms with Gasteiger partial charge in [-0.2, -0.15) is 0 Å². The molecule has 0 aliphatic heterocycles. The largest absolute Gasteiger partial charge is 0.356 e. The Morgan fingerprint density at radius 3 is 2.72 bits per heavy atom. The molecule has 2 unspecified atom stereocenters. The third-order valence-corrected chi connectivity index (χ3v) is 3.73. The zero-order valence-electron chi connectivity index (χ0n) is 12.1. The molecule has 1 rings (SSSR count). The first-order chi connectivity index (χ1) is 8.46. The Hall–Kier alpha value is -0.610. The first-order valence-corrected chi connectivity index (χ1v) is 7.19. The number of carbonyl (C=O) groups is 1. The van der Waals surface area contributed by atoms with Crippen molar-refractivity contribution in [3.63, 3.8) is 0 Å². The van der Waals surface area contributed by atoms with Gasteiger partial charge in [0.25, 0.3) is 0 Å². The summed E-state index contributed by atoms with van der Waals surface area (Å²) in [4.78, 5) is 11.7. The van der Waals surface area contributed by atoms with Crippen LogP contribution in [0, 0.1) is 5.41 Å². The number of nitrogens with one attached hydrogen (secondary N) is 2. The molecule has 4 N–H and O–H groups in total. The highest BCUT2D eigenvalue weighted by atomic mass is 16.1. The number of amides is 1. The van der Waals surface area contributed by atoms with Crippen LogP contribution in [0.25, 0.3) is 0 Å². The van der Waals surface area contributed by atoms with Gasteiger partial charge in [-0.15, -0.1) is 0 Å². The molecule has 106 valence electrons. The van der Waals surface area contributed by atoms with Gasteiger partial charge < -0.3 is 16.4 Å². The van der Waals surface area contributed by atoms with Gasteiger partial charge in [-0.3, -0.25) is 4.79 Å². The molecular formula is C14H29N3O. The van der Waals surface area contributed by atoms with E-state index in [-0.39, 0.29) is 11.9 Å². The van der Waals surface area contributed by atoms with Crippen molar-refractivity contribution in [1.29, 1.82) is 0 Å². The molecule has 0 heterocycles. The normalized spacial score (nSPS) is 23.9. The van der Waals surface area contributed by atoms with Crippen LogP contribution in [-0.2, 0) is 4.79 Å². The summed E-state index contributed by atoms with van der Waals surface area (Å²) in [6.45, 7) is 7.95. The topological polar surface area (TPSA) is 67.2 Å². The van der Waals surface area contributed by atoms with Gasteiger partial charge in [0.1, 0.15) is 0 Å². The molecular weight excluding hydrogens is 226 g/mol. The molecule has 0 spiro atoms. The Balaban J connectivity index is 2.31. The molecule has 0 aromatic rings. The number of rotatable bonds is 7. The van der Waals surface area contributed by atoms with Crippen LogP contribution in [0.15, 0.2) is 0 Å². The first kappa shape index (κ1) is 15.4. The third kappa shape index (κ3) is 5.36. The van der Waals surface area contributed by atoms with Crippen LogP contribution in [0.1, 0.15) is 52.9 Å². The highest BCUT2D eigenvalue weighted by Gasteiger charge is 2.31. The fourth-order valence-corrected chi connectivity index (χ4v) is 2.68. The molecule has 0 aromatic heterocycles. The lowest BCUT2D eigenvalue weighted by molar-refractivity contribution is -0.121. The van der Waals surface area contributed by atoms with E-state index in [1.165, 1.54) is 19.3 Å². The minimum absolute atomic E-state index is 0.108. The monoisotopic (exact) mass is 255 g/mol. The van der Waals surface area contributed by atoms with E-state index >= 15 is 0 Å². The van der Waals surface area contributed by atoms with Crippen LogP contribution < -0.4 is 16.4 Å². The predicted octanol–water partition coefficient (Wildman–Crippen LogP) is 1.40. The molecule has 1 aliphatic carbocycles. The molecule has 1 amide bonds. The standard InChI is InChI=1S/C14H29N3O/c1-4-7-16-13(18)8-12(10-15)17-11-5-6-14(2,3)9-11/h11-12,17H,4-10,15H2,1-3H3,(H,16,18). The van der Waals surface area contributed by atoms with Crippen molar-refractivity contribution >= 4 is 5.91 Å². The molecule has 0 bridgehead atoms. The zero-order valence-corrected chi connectivity index (χ0v) is 12.1. The highest BCUT2D eigenvalue weighted by molar-refractivity contribution is 5.76. The summed E-state index contributed by atoms with van der Waals surface area (Å²) in [5, 5.41) is 6.45. The Bertz CT molecular complexity index is 266. The summed E-state index contributed by atoms with van der Waals surface area (Å²) in [6, 6.07) is 0.633. The molecule has 4 nitrogen and oxygen atoms in total. The van der Waals surface area contributed by atoms with E-state index in [1.54, 1.807) is 0 Å². The lowest BCUT2D eigenvalue weighted by Crippen LogP contribution is -2.45. The molecule has 1 fully saturated rings. The van der Waals surface area contributed by atoms with Crippen LogP contribution in [0.2, 0.25) is 0 Å². The number of hydrogen-bond donors (Lipinski definition) is 3. The van der Waals surface area contributed by atoms with Crippen molar-refractivity contribution in [2.24, 2.45) is 11.1 Å². The van der Waals surface area contributed by atoms with E-state index in [9.17, 15) is 4.79 Å². The lowest BCUT2D eigenvalue weighted by atomic mass is 9.92. The Morgan fingerprint density at radius 2 is 2.22 bits per heavy atom. The van der Waals surface area contributed by atoms with Crippen LogP contribution in [0.3, 0.4) is 0 Å². The third-order valence-electron chi connectivity index (χ3n) is 3.73. The number of hydrogen-bond acceptors (Lipinski definition) is 3. The molecule has 0 radical (unpaired) electrons. The summed E-state index contributed by atoms with van der Waals surface area (Å²) < 4.78 is 0. The van der Waals surface area contributed by atoms with E-state index < -0.39 is 0 Å². The average molecular weight is 255 g/mol. The van der Waals surface area contributed by atoms with E-state index in [1.807, 2.05) is 0 Å². The van der Waals surface area contributed by atoms with Crippen LogP contribution in [0.4, 0.5) is 0 Å². The lowest BCUT2D eigenvalue weighted by Gasteiger charge is -2.23. The predicted molar refractivity (Wildman–Crippen MR) is 75.3 cm³/mol. The van der Waals surface area contributed by atoms with Gasteiger partial charge in [-0.1, -0.05) is 20.8 Å². The molecule has 4 heteroatoms. The summed E-state index contributed by atoms with van der Waals surface area (Å²) in [5.74, 6) is 0.108. The van der Waals surface area contributed by atoms with Crippen molar-refractivity contribution in [3.05, 3.63) is 0 Å². The summed E-state index contributed by atoms with van der Waals surface area (Å²) in [6.07, 6.45) is 5.10. The Labute approximate surface area is 111 Å². The van der Waals surface area contributed by atoms with Crippen molar-refractivity contribution in [2.45, 2.75) is 65.0 Å².